The molecule has 0 bridgehead atoms. The lowest BCUT2D eigenvalue weighted by Gasteiger charge is -2.07. The van der Waals surface area contributed by atoms with Gasteiger partial charge in [0, 0.05) is 13.0 Å². The molecule has 0 saturated carbocycles. The van der Waals surface area contributed by atoms with Crippen molar-refractivity contribution in [2.75, 3.05) is 7.11 Å². The smallest absolute Gasteiger partial charge is 0.220 e. The minimum Gasteiger partial charge on any atom is -0.497 e. The first-order valence-corrected chi connectivity index (χ1v) is 7.16. The summed E-state index contributed by atoms with van der Waals surface area (Å²) in [4.78, 5) is 11.7. The Morgan fingerprint density at radius 3 is 2.74 bits per heavy atom. The van der Waals surface area contributed by atoms with Crippen molar-refractivity contribution >= 4 is 5.91 Å². The second-order valence-electron chi connectivity index (χ2n) is 4.79. The lowest BCUT2D eigenvalue weighted by Crippen LogP contribution is -2.22. The van der Waals surface area contributed by atoms with E-state index in [9.17, 15) is 4.79 Å². The van der Waals surface area contributed by atoms with Crippen molar-refractivity contribution in [3.05, 3.63) is 29.8 Å². The average Bonchev–Trinajstić information content (AvgIpc) is 2.45. The van der Waals surface area contributed by atoms with Crippen LogP contribution in [0.3, 0.4) is 0 Å². The Kier molecular flexibility index (Phi) is 7.71. The van der Waals surface area contributed by atoms with Crippen LogP contribution >= 0.6 is 0 Å². The molecule has 1 amide bonds. The summed E-state index contributed by atoms with van der Waals surface area (Å²) in [5.74, 6) is 0.964. The third-order valence-electron chi connectivity index (χ3n) is 3.13. The van der Waals surface area contributed by atoms with Crippen LogP contribution in [0, 0.1) is 0 Å². The van der Waals surface area contributed by atoms with E-state index in [1.54, 1.807) is 7.11 Å². The van der Waals surface area contributed by atoms with Gasteiger partial charge < -0.3 is 10.1 Å². The number of carbonyl (C=O) groups is 1. The third-order valence-corrected chi connectivity index (χ3v) is 3.13. The molecule has 0 radical (unpaired) electrons. The van der Waals surface area contributed by atoms with Gasteiger partial charge in [-0.3, -0.25) is 4.79 Å². The van der Waals surface area contributed by atoms with E-state index < -0.39 is 0 Å². The Hall–Kier alpha value is -1.51. The zero-order valence-corrected chi connectivity index (χ0v) is 12.1. The predicted molar refractivity (Wildman–Crippen MR) is 78.2 cm³/mol. The number of unbranched alkanes of at least 4 members (excludes halogenated alkanes) is 4. The molecule has 3 nitrogen and oxygen atoms in total. The second kappa shape index (κ2) is 9.42. The molecule has 1 aromatic rings. The molecule has 1 N–H and O–H groups in total. The summed E-state index contributed by atoms with van der Waals surface area (Å²) in [7, 11) is 1.65. The highest BCUT2D eigenvalue weighted by Crippen LogP contribution is 2.12. The molecule has 0 aliphatic rings. The third kappa shape index (κ3) is 6.85. The number of ether oxygens (including phenoxy) is 1. The molecule has 0 aromatic heterocycles. The number of methoxy groups -OCH3 is 1. The Balaban J connectivity index is 2.18. The van der Waals surface area contributed by atoms with Crippen molar-refractivity contribution in [1.82, 2.24) is 5.32 Å². The Bertz CT molecular complexity index is 377. The van der Waals surface area contributed by atoms with Crippen molar-refractivity contribution in [3.8, 4) is 5.75 Å². The van der Waals surface area contributed by atoms with Gasteiger partial charge >= 0.3 is 0 Å². The van der Waals surface area contributed by atoms with Crippen molar-refractivity contribution in [2.24, 2.45) is 0 Å². The zero-order chi connectivity index (χ0) is 13.9. The molecule has 1 rings (SSSR count). The molecule has 0 aliphatic heterocycles. The maximum Gasteiger partial charge on any atom is 0.220 e. The number of hydrogen-bond donors (Lipinski definition) is 1. The largest absolute Gasteiger partial charge is 0.497 e. The van der Waals surface area contributed by atoms with Gasteiger partial charge in [-0.1, -0.05) is 44.7 Å². The summed E-state index contributed by atoms with van der Waals surface area (Å²) in [5.41, 5.74) is 1.07. The molecule has 0 heterocycles. The van der Waals surface area contributed by atoms with E-state index in [0.717, 1.165) is 24.2 Å². The van der Waals surface area contributed by atoms with Crippen LogP contribution in [0.15, 0.2) is 24.3 Å². The molecule has 0 fully saturated rings. The van der Waals surface area contributed by atoms with Gasteiger partial charge in [-0.05, 0) is 24.1 Å². The molecule has 106 valence electrons. The molecule has 0 saturated heterocycles. The number of hydrogen-bond acceptors (Lipinski definition) is 2. The molecule has 1 aromatic carbocycles. The molecular weight excluding hydrogens is 238 g/mol. The quantitative estimate of drug-likeness (QED) is 0.690. The predicted octanol–water partition coefficient (Wildman–Crippen LogP) is 3.67. The van der Waals surface area contributed by atoms with E-state index in [-0.39, 0.29) is 5.91 Å². The van der Waals surface area contributed by atoms with Crippen molar-refractivity contribution in [3.63, 3.8) is 0 Å². The fraction of sp³-hybridized carbons (Fsp3) is 0.562. The van der Waals surface area contributed by atoms with Crippen LogP contribution in [0.25, 0.3) is 0 Å². The van der Waals surface area contributed by atoms with Gasteiger partial charge in [0.2, 0.25) is 5.91 Å². The van der Waals surface area contributed by atoms with Gasteiger partial charge in [-0.15, -0.1) is 0 Å². The standard InChI is InChI=1S/C16H25NO2/c1-3-4-5-6-7-11-16(18)17-13-14-9-8-10-15(12-14)19-2/h8-10,12H,3-7,11,13H2,1-2H3,(H,17,18). The van der Waals surface area contributed by atoms with Crippen LogP contribution in [0.2, 0.25) is 0 Å². The van der Waals surface area contributed by atoms with E-state index in [1.165, 1.54) is 19.3 Å². The molecule has 0 aliphatic carbocycles. The van der Waals surface area contributed by atoms with Gasteiger partial charge in [-0.2, -0.15) is 0 Å². The van der Waals surface area contributed by atoms with Gasteiger partial charge in [0.15, 0.2) is 0 Å². The first-order valence-electron chi connectivity index (χ1n) is 7.16. The monoisotopic (exact) mass is 263 g/mol. The van der Waals surface area contributed by atoms with Crippen molar-refractivity contribution in [2.45, 2.75) is 52.0 Å². The fourth-order valence-corrected chi connectivity index (χ4v) is 1.96. The molecule has 3 heteroatoms. The second-order valence-corrected chi connectivity index (χ2v) is 4.79. The Labute approximate surface area is 116 Å². The van der Waals surface area contributed by atoms with Crippen LogP contribution in [0.4, 0.5) is 0 Å². The molecule has 0 spiro atoms. The molecule has 0 atom stereocenters. The van der Waals surface area contributed by atoms with E-state index in [2.05, 4.69) is 12.2 Å². The van der Waals surface area contributed by atoms with Crippen LogP contribution in [-0.4, -0.2) is 13.0 Å². The molecular formula is C16H25NO2. The zero-order valence-electron chi connectivity index (χ0n) is 12.1. The van der Waals surface area contributed by atoms with E-state index in [0.29, 0.717) is 13.0 Å². The minimum absolute atomic E-state index is 0.138. The number of benzene rings is 1. The average molecular weight is 263 g/mol. The lowest BCUT2D eigenvalue weighted by atomic mass is 10.1. The maximum absolute atomic E-state index is 11.7. The summed E-state index contributed by atoms with van der Waals surface area (Å²) in [6.45, 7) is 2.77. The topological polar surface area (TPSA) is 38.3 Å². The minimum atomic E-state index is 0.138. The summed E-state index contributed by atoms with van der Waals surface area (Å²) < 4.78 is 5.15. The number of rotatable bonds is 9. The molecule has 19 heavy (non-hydrogen) atoms. The highest BCUT2D eigenvalue weighted by Gasteiger charge is 2.02. The summed E-state index contributed by atoms with van der Waals surface area (Å²) >= 11 is 0. The Morgan fingerprint density at radius 2 is 2.00 bits per heavy atom. The number of amides is 1. The van der Waals surface area contributed by atoms with Crippen molar-refractivity contribution < 1.29 is 9.53 Å². The molecule has 0 unspecified atom stereocenters. The number of carbonyl (C=O) groups excluding carboxylic acids is 1. The van der Waals surface area contributed by atoms with Crippen molar-refractivity contribution in [1.29, 1.82) is 0 Å². The summed E-state index contributed by atoms with van der Waals surface area (Å²) in [6.07, 6.45) is 6.52. The van der Waals surface area contributed by atoms with E-state index >= 15 is 0 Å². The van der Waals surface area contributed by atoms with E-state index in [1.807, 2.05) is 24.3 Å². The highest BCUT2D eigenvalue weighted by molar-refractivity contribution is 5.75. The van der Waals surface area contributed by atoms with Gasteiger partial charge in [0.1, 0.15) is 5.75 Å². The SMILES string of the molecule is CCCCCCCC(=O)NCc1cccc(OC)c1. The van der Waals surface area contributed by atoms with Gasteiger partial charge in [0.25, 0.3) is 0 Å². The van der Waals surface area contributed by atoms with Crippen LogP contribution < -0.4 is 10.1 Å². The first kappa shape index (κ1) is 15.5. The van der Waals surface area contributed by atoms with Gasteiger partial charge in [0.05, 0.1) is 7.11 Å². The first-order chi connectivity index (χ1) is 9.26. The summed E-state index contributed by atoms with van der Waals surface area (Å²) in [6, 6.07) is 7.77. The van der Waals surface area contributed by atoms with Crippen LogP contribution in [0.1, 0.15) is 51.0 Å². The summed E-state index contributed by atoms with van der Waals surface area (Å²) in [5, 5.41) is 2.95. The normalized spacial score (nSPS) is 10.2. The number of nitrogens with one attached hydrogen (secondary N) is 1. The van der Waals surface area contributed by atoms with Gasteiger partial charge in [-0.25, -0.2) is 0 Å². The maximum atomic E-state index is 11.7. The highest BCUT2D eigenvalue weighted by atomic mass is 16.5. The lowest BCUT2D eigenvalue weighted by molar-refractivity contribution is -0.121. The van der Waals surface area contributed by atoms with Crippen LogP contribution in [0.5, 0.6) is 5.75 Å². The Morgan fingerprint density at radius 1 is 1.21 bits per heavy atom. The fourth-order valence-electron chi connectivity index (χ4n) is 1.96. The van der Waals surface area contributed by atoms with Crippen LogP contribution in [-0.2, 0) is 11.3 Å². The van der Waals surface area contributed by atoms with E-state index in [4.69, 9.17) is 4.74 Å².